The zero-order valence-corrected chi connectivity index (χ0v) is 18.1. The van der Waals surface area contributed by atoms with Crippen LogP contribution in [-0.2, 0) is 0 Å². The van der Waals surface area contributed by atoms with Crippen molar-refractivity contribution in [2.75, 3.05) is 20.6 Å². The maximum Gasteiger partial charge on any atom is 0.0746 e. The lowest BCUT2D eigenvalue weighted by Crippen LogP contribution is -2.20. The minimum absolute atomic E-state index is 0.213. The van der Waals surface area contributed by atoms with Crippen LogP contribution in [0.3, 0.4) is 0 Å². The van der Waals surface area contributed by atoms with Gasteiger partial charge in [-0.25, -0.2) is 0 Å². The van der Waals surface area contributed by atoms with E-state index in [2.05, 4.69) is 45.0 Å². The third kappa shape index (κ3) is 7.03. The van der Waals surface area contributed by atoms with E-state index in [1.54, 1.807) is 5.57 Å². The van der Waals surface area contributed by atoms with Gasteiger partial charge in [-0.15, -0.1) is 0 Å². The van der Waals surface area contributed by atoms with Crippen molar-refractivity contribution >= 4 is 0 Å². The molecule has 0 spiro atoms. The summed E-state index contributed by atoms with van der Waals surface area (Å²) in [7, 11) is 4.28. The molecule has 0 unspecified atom stereocenters. The molecular formula is C24H43NO2. The zero-order chi connectivity index (χ0) is 19.8. The van der Waals surface area contributed by atoms with Crippen LogP contribution in [-0.4, -0.2) is 48.0 Å². The van der Waals surface area contributed by atoms with E-state index in [9.17, 15) is 10.2 Å². The Hall–Kier alpha value is -0.640. The molecule has 0 bridgehead atoms. The highest BCUT2D eigenvalue weighted by Gasteiger charge is 2.43. The first-order chi connectivity index (χ1) is 12.9. The summed E-state index contributed by atoms with van der Waals surface area (Å²) in [5.41, 5.74) is 1.61. The standard InChI is InChI=1S/C24H43NO2/c1-5-6-10-18(2)23(26)13-12-21-22-16-19(15-20(22)17-24(21)27)11-8-7-9-14-25(3)4/h12-13,15,18,20-24,26-27H,5-11,14,16-17H2,1-4H3/t18-,20-,21+,22-,23-,24+/m0/s1. The highest BCUT2D eigenvalue weighted by molar-refractivity contribution is 5.21. The average Bonchev–Trinajstić information content (AvgIpc) is 3.13. The van der Waals surface area contributed by atoms with Gasteiger partial charge in [0, 0.05) is 5.92 Å². The Labute approximate surface area is 167 Å². The molecule has 156 valence electrons. The molecule has 0 heterocycles. The van der Waals surface area contributed by atoms with E-state index < -0.39 is 0 Å². The first-order valence-electron chi connectivity index (χ1n) is 11.3. The largest absolute Gasteiger partial charge is 0.392 e. The Bertz CT molecular complexity index is 485. The lowest BCUT2D eigenvalue weighted by atomic mass is 9.87. The van der Waals surface area contributed by atoms with Crippen LogP contribution in [0.15, 0.2) is 23.8 Å². The zero-order valence-electron chi connectivity index (χ0n) is 18.1. The quantitative estimate of drug-likeness (QED) is 0.379. The monoisotopic (exact) mass is 377 g/mol. The number of aliphatic hydroxyl groups is 2. The second kappa shape index (κ2) is 11.4. The fourth-order valence-electron chi connectivity index (χ4n) is 4.88. The molecule has 2 aliphatic rings. The molecule has 3 heteroatoms. The molecule has 2 aliphatic carbocycles. The van der Waals surface area contributed by atoms with Crippen LogP contribution in [0.4, 0.5) is 0 Å². The van der Waals surface area contributed by atoms with Gasteiger partial charge < -0.3 is 15.1 Å². The Morgan fingerprint density at radius 3 is 2.70 bits per heavy atom. The molecule has 0 aliphatic heterocycles. The molecule has 0 aromatic carbocycles. The maximum absolute atomic E-state index is 10.5. The predicted molar refractivity (Wildman–Crippen MR) is 115 cm³/mol. The second-order valence-electron chi connectivity index (χ2n) is 9.35. The number of hydrogen-bond donors (Lipinski definition) is 2. The minimum Gasteiger partial charge on any atom is -0.392 e. The van der Waals surface area contributed by atoms with Crippen LogP contribution < -0.4 is 0 Å². The first-order valence-corrected chi connectivity index (χ1v) is 11.3. The second-order valence-corrected chi connectivity index (χ2v) is 9.35. The van der Waals surface area contributed by atoms with Crippen LogP contribution >= 0.6 is 0 Å². The number of allylic oxidation sites excluding steroid dienone is 2. The summed E-state index contributed by atoms with van der Waals surface area (Å²) >= 11 is 0. The van der Waals surface area contributed by atoms with Gasteiger partial charge in [0.25, 0.3) is 0 Å². The van der Waals surface area contributed by atoms with E-state index in [-0.39, 0.29) is 18.1 Å². The lowest BCUT2D eigenvalue weighted by Gasteiger charge is -2.20. The molecule has 0 aromatic rings. The Balaban J connectivity index is 1.78. The molecule has 1 fully saturated rings. The number of rotatable bonds is 12. The van der Waals surface area contributed by atoms with E-state index in [0.29, 0.717) is 17.8 Å². The van der Waals surface area contributed by atoms with Crippen molar-refractivity contribution in [3.8, 4) is 0 Å². The molecular weight excluding hydrogens is 334 g/mol. The van der Waals surface area contributed by atoms with Crippen LogP contribution in [0, 0.1) is 23.7 Å². The summed E-state index contributed by atoms with van der Waals surface area (Å²) in [6, 6.07) is 0. The lowest BCUT2D eigenvalue weighted by molar-refractivity contribution is 0.135. The van der Waals surface area contributed by atoms with E-state index in [1.807, 2.05) is 6.08 Å². The summed E-state index contributed by atoms with van der Waals surface area (Å²) in [5.74, 6) is 1.60. The fraction of sp³-hybridized carbons (Fsp3) is 0.833. The molecule has 1 saturated carbocycles. The number of hydrogen-bond acceptors (Lipinski definition) is 3. The normalized spacial score (nSPS) is 30.1. The van der Waals surface area contributed by atoms with Crippen molar-refractivity contribution in [1.29, 1.82) is 0 Å². The SMILES string of the molecule is CCCC[C@H](C)[C@@H](O)C=C[C@@H]1[C@H]2CC(CCCCCN(C)C)=C[C@H]2C[C@H]1O. The summed E-state index contributed by atoms with van der Waals surface area (Å²) in [6.07, 6.45) is 16.5. The number of unbranched alkanes of at least 4 members (excludes halogenated alkanes) is 3. The van der Waals surface area contributed by atoms with Gasteiger partial charge in [0.15, 0.2) is 0 Å². The molecule has 6 atom stereocenters. The number of nitrogens with zero attached hydrogens (tertiary/aromatic N) is 1. The van der Waals surface area contributed by atoms with E-state index >= 15 is 0 Å². The van der Waals surface area contributed by atoms with Gasteiger partial charge in [-0.2, -0.15) is 0 Å². The topological polar surface area (TPSA) is 43.7 Å². The third-order valence-corrected chi connectivity index (χ3v) is 6.68. The molecule has 0 aromatic heterocycles. The smallest absolute Gasteiger partial charge is 0.0746 e. The highest BCUT2D eigenvalue weighted by atomic mass is 16.3. The predicted octanol–water partition coefficient (Wildman–Crippen LogP) is 4.80. The van der Waals surface area contributed by atoms with Crippen molar-refractivity contribution in [1.82, 2.24) is 4.90 Å². The number of aliphatic hydroxyl groups excluding tert-OH is 2. The van der Waals surface area contributed by atoms with E-state index in [4.69, 9.17) is 0 Å². The van der Waals surface area contributed by atoms with Gasteiger partial charge in [-0.1, -0.05) is 56.9 Å². The van der Waals surface area contributed by atoms with Crippen molar-refractivity contribution in [3.63, 3.8) is 0 Å². The Kier molecular flexibility index (Phi) is 9.55. The molecule has 3 nitrogen and oxygen atoms in total. The minimum atomic E-state index is -0.381. The molecule has 0 amide bonds. The van der Waals surface area contributed by atoms with Crippen molar-refractivity contribution in [3.05, 3.63) is 23.8 Å². The summed E-state index contributed by atoms with van der Waals surface area (Å²) < 4.78 is 0. The summed E-state index contributed by atoms with van der Waals surface area (Å²) in [6.45, 7) is 5.50. The average molecular weight is 378 g/mol. The van der Waals surface area contributed by atoms with Gasteiger partial charge in [0.2, 0.25) is 0 Å². The van der Waals surface area contributed by atoms with Gasteiger partial charge in [0.1, 0.15) is 0 Å². The summed E-state index contributed by atoms with van der Waals surface area (Å²) in [5, 5.41) is 20.9. The highest BCUT2D eigenvalue weighted by Crippen LogP contribution is 2.48. The van der Waals surface area contributed by atoms with Crippen molar-refractivity contribution in [2.45, 2.75) is 83.8 Å². The molecule has 0 saturated heterocycles. The van der Waals surface area contributed by atoms with Crippen molar-refractivity contribution in [2.24, 2.45) is 23.7 Å². The van der Waals surface area contributed by atoms with Gasteiger partial charge in [0.05, 0.1) is 12.2 Å². The Morgan fingerprint density at radius 1 is 1.22 bits per heavy atom. The molecule has 2 N–H and O–H groups in total. The summed E-state index contributed by atoms with van der Waals surface area (Å²) in [4.78, 5) is 2.26. The molecule has 0 radical (unpaired) electrons. The molecule has 27 heavy (non-hydrogen) atoms. The van der Waals surface area contributed by atoms with Crippen LogP contribution in [0.1, 0.15) is 71.6 Å². The van der Waals surface area contributed by atoms with Gasteiger partial charge >= 0.3 is 0 Å². The van der Waals surface area contributed by atoms with E-state index in [0.717, 1.165) is 19.3 Å². The van der Waals surface area contributed by atoms with Crippen LogP contribution in [0.25, 0.3) is 0 Å². The van der Waals surface area contributed by atoms with Gasteiger partial charge in [-0.3, -0.25) is 0 Å². The van der Waals surface area contributed by atoms with Gasteiger partial charge in [-0.05, 0) is 76.9 Å². The van der Waals surface area contributed by atoms with Crippen molar-refractivity contribution < 1.29 is 10.2 Å². The molecule has 2 rings (SSSR count). The number of fused-ring (bicyclic) bond motifs is 1. The van der Waals surface area contributed by atoms with E-state index in [1.165, 1.54) is 45.1 Å². The fourth-order valence-corrected chi connectivity index (χ4v) is 4.88. The van der Waals surface area contributed by atoms with Crippen LogP contribution in [0.5, 0.6) is 0 Å². The third-order valence-electron chi connectivity index (χ3n) is 6.68. The van der Waals surface area contributed by atoms with Crippen LogP contribution in [0.2, 0.25) is 0 Å². The first kappa shape index (κ1) is 22.6. The Morgan fingerprint density at radius 2 is 2.00 bits per heavy atom. The maximum atomic E-state index is 10.5.